The first-order valence-corrected chi connectivity index (χ1v) is 11.7. The number of ether oxygens (including phenoxy) is 1. The van der Waals surface area contributed by atoms with Gasteiger partial charge in [0.15, 0.2) is 5.96 Å². The van der Waals surface area contributed by atoms with Crippen LogP contribution in [0.2, 0.25) is 0 Å². The summed E-state index contributed by atoms with van der Waals surface area (Å²) in [6.07, 6.45) is 4.41. The number of amides is 1. The molecule has 2 atom stereocenters. The highest BCUT2D eigenvalue weighted by Crippen LogP contribution is 2.45. The van der Waals surface area contributed by atoms with Crippen LogP contribution in [0.1, 0.15) is 41.3 Å². The molecule has 4 heterocycles. The van der Waals surface area contributed by atoms with Crippen LogP contribution in [0.5, 0.6) is 5.75 Å². The molecular formula is C26H24N4O2S. The van der Waals surface area contributed by atoms with Crippen LogP contribution < -0.4 is 10.1 Å². The van der Waals surface area contributed by atoms with E-state index in [1.54, 1.807) is 31.5 Å². The highest BCUT2D eigenvalue weighted by molar-refractivity contribution is 7.10. The lowest BCUT2D eigenvalue weighted by Gasteiger charge is -2.45. The molecule has 0 spiro atoms. The minimum absolute atomic E-state index is 0.0973. The number of aromatic nitrogens is 1. The minimum atomic E-state index is -0.772. The Hall–Kier alpha value is -3.63. The monoisotopic (exact) mass is 456 g/mol. The Morgan fingerprint density at radius 3 is 2.94 bits per heavy atom. The molecule has 0 unspecified atom stereocenters. The zero-order valence-corrected chi connectivity index (χ0v) is 19.5. The van der Waals surface area contributed by atoms with Gasteiger partial charge in [-0.15, -0.1) is 17.3 Å². The molecule has 3 aromatic rings. The quantitative estimate of drug-likeness (QED) is 0.582. The molecule has 166 valence electrons. The number of nitrogens with one attached hydrogen (secondary N) is 2. The van der Waals surface area contributed by atoms with E-state index in [4.69, 9.17) is 10.1 Å². The third-order valence-electron chi connectivity index (χ3n) is 6.37. The number of hydrogen-bond acceptors (Lipinski definition) is 5. The van der Waals surface area contributed by atoms with Crippen molar-refractivity contribution in [3.63, 3.8) is 0 Å². The molecule has 2 aliphatic heterocycles. The molecule has 7 heteroatoms. The highest BCUT2D eigenvalue weighted by atomic mass is 32.1. The molecular weight excluding hydrogens is 432 g/mol. The van der Waals surface area contributed by atoms with Crippen molar-refractivity contribution in [3.05, 3.63) is 69.7 Å². The van der Waals surface area contributed by atoms with E-state index in [9.17, 15) is 4.79 Å². The highest BCUT2D eigenvalue weighted by Gasteiger charge is 2.49. The summed E-state index contributed by atoms with van der Waals surface area (Å²) >= 11 is 1.58. The molecule has 2 aromatic heterocycles. The summed E-state index contributed by atoms with van der Waals surface area (Å²) < 4.78 is 5.66. The molecule has 1 amide bonds. The molecule has 33 heavy (non-hydrogen) atoms. The Balaban J connectivity index is 1.58. The Bertz CT molecular complexity index is 1340. The fraction of sp³-hybridized carbons (Fsp3) is 0.269. The number of benzene rings is 1. The van der Waals surface area contributed by atoms with Gasteiger partial charge in [-0.25, -0.2) is 0 Å². The van der Waals surface area contributed by atoms with Gasteiger partial charge in [0.25, 0.3) is 0 Å². The van der Waals surface area contributed by atoms with Crippen molar-refractivity contribution in [2.45, 2.75) is 31.7 Å². The summed E-state index contributed by atoms with van der Waals surface area (Å²) in [5.74, 6) is 6.36. The van der Waals surface area contributed by atoms with Gasteiger partial charge in [-0.1, -0.05) is 18.1 Å². The number of hydrogen-bond donors (Lipinski definition) is 2. The molecule has 1 fully saturated rings. The average Bonchev–Trinajstić information content (AvgIpc) is 3.48. The maximum Gasteiger partial charge on any atom is 0.239 e. The number of carbonyl (C=O) groups is 1. The van der Waals surface area contributed by atoms with Crippen molar-refractivity contribution >= 4 is 23.2 Å². The molecule has 2 aliphatic rings. The first kappa shape index (κ1) is 21.2. The van der Waals surface area contributed by atoms with Crippen LogP contribution in [0.15, 0.2) is 48.1 Å². The topological polar surface area (TPSA) is 78.3 Å². The predicted octanol–water partition coefficient (Wildman–Crippen LogP) is 4.11. The van der Waals surface area contributed by atoms with Crippen LogP contribution in [-0.4, -0.2) is 35.4 Å². The lowest BCUT2D eigenvalue weighted by molar-refractivity contribution is -0.131. The maximum absolute atomic E-state index is 13.5. The number of pyridine rings is 1. The number of carbonyl (C=O) groups excluding carboxylic acids is 1. The van der Waals surface area contributed by atoms with E-state index in [0.717, 1.165) is 44.9 Å². The summed E-state index contributed by atoms with van der Waals surface area (Å²) in [5.41, 5.74) is 4.13. The fourth-order valence-corrected chi connectivity index (χ4v) is 5.66. The normalized spacial score (nSPS) is 21.7. The van der Waals surface area contributed by atoms with Crippen molar-refractivity contribution in [1.82, 2.24) is 15.2 Å². The SMILES string of the molecule is CC#Cc1cncc(-c2csc([C@@]3(C)NC(=N)N(C)C(=O)[C@H]3c3ccc4c(c3)CCO4)c2)c1. The Labute approximate surface area is 197 Å². The standard InChI is InChI=1S/C26H24N4O2S/c1-4-5-16-10-19(14-28-13-16)20-12-22(33-15-20)26(2)23(24(31)30(3)25(27)29-26)18-6-7-21-17(11-18)8-9-32-21/h6-7,10-15,23H,8-9H2,1-3H3,(H2,27,29)/t23-,26-/m1/s1. The van der Waals surface area contributed by atoms with Gasteiger partial charge in [-0.2, -0.15) is 0 Å². The van der Waals surface area contributed by atoms with Crippen LogP contribution in [-0.2, 0) is 16.8 Å². The van der Waals surface area contributed by atoms with Crippen molar-refractivity contribution < 1.29 is 9.53 Å². The molecule has 0 saturated carbocycles. The number of likely N-dealkylation sites (N-methyl/N-ethyl adjacent to an activating group) is 1. The number of guanidine groups is 1. The summed E-state index contributed by atoms with van der Waals surface area (Å²) in [6, 6.07) is 10.1. The molecule has 2 N–H and O–H groups in total. The summed E-state index contributed by atoms with van der Waals surface area (Å²) in [4.78, 5) is 20.2. The van der Waals surface area contributed by atoms with E-state index in [-0.39, 0.29) is 11.9 Å². The van der Waals surface area contributed by atoms with Crippen molar-refractivity contribution in [2.75, 3.05) is 13.7 Å². The van der Waals surface area contributed by atoms with Gasteiger partial charge < -0.3 is 10.1 Å². The Morgan fingerprint density at radius 1 is 1.27 bits per heavy atom. The first-order chi connectivity index (χ1) is 15.9. The number of nitrogens with zero attached hydrogens (tertiary/aromatic N) is 2. The molecule has 1 saturated heterocycles. The van der Waals surface area contributed by atoms with E-state index in [1.165, 1.54) is 4.90 Å². The Kier molecular flexibility index (Phi) is 5.18. The van der Waals surface area contributed by atoms with Gasteiger partial charge in [0.2, 0.25) is 5.91 Å². The molecule has 0 radical (unpaired) electrons. The second-order valence-electron chi connectivity index (χ2n) is 8.51. The zero-order valence-electron chi connectivity index (χ0n) is 18.7. The van der Waals surface area contributed by atoms with Crippen molar-refractivity contribution in [1.29, 1.82) is 5.41 Å². The van der Waals surface area contributed by atoms with E-state index in [2.05, 4.69) is 39.7 Å². The molecule has 6 nitrogen and oxygen atoms in total. The summed E-state index contributed by atoms with van der Waals surface area (Å²) in [6.45, 7) is 4.48. The summed E-state index contributed by atoms with van der Waals surface area (Å²) in [5, 5.41) is 13.8. The predicted molar refractivity (Wildman–Crippen MR) is 129 cm³/mol. The number of fused-ring (bicyclic) bond motifs is 1. The molecule has 5 rings (SSSR count). The van der Waals surface area contributed by atoms with E-state index in [1.807, 2.05) is 31.3 Å². The number of thiophene rings is 1. The average molecular weight is 457 g/mol. The molecule has 1 aromatic carbocycles. The third kappa shape index (κ3) is 3.57. The van der Waals surface area contributed by atoms with E-state index < -0.39 is 11.5 Å². The van der Waals surface area contributed by atoms with Crippen LogP contribution in [0, 0.1) is 17.3 Å². The largest absolute Gasteiger partial charge is 0.493 e. The van der Waals surface area contributed by atoms with Crippen LogP contribution in [0.4, 0.5) is 0 Å². The lowest BCUT2D eigenvalue weighted by atomic mass is 9.76. The van der Waals surface area contributed by atoms with E-state index in [0.29, 0.717) is 6.61 Å². The Morgan fingerprint density at radius 2 is 2.12 bits per heavy atom. The minimum Gasteiger partial charge on any atom is -0.493 e. The van der Waals surface area contributed by atoms with E-state index >= 15 is 0 Å². The van der Waals surface area contributed by atoms with Gasteiger partial charge in [-0.3, -0.25) is 20.1 Å². The fourth-order valence-electron chi connectivity index (χ4n) is 4.59. The maximum atomic E-state index is 13.5. The van der Waals surface area contributed by atoms with Gasteiger partial charge in [0.1, 0.15) is 5.75 Å². The first-order valence-electron chi connectivity index (χ1n) is 10.8. The van der Waals surface area contributed by atoms with Gasteiger partial charge >= 0.3 is 0 Å². The third-order valence-corrected chi connectivity index (χ3v) is 7.54. The smallest absolute Gasteiger partial charge is 0.239 e. The van der Waals surface area contributed by atoms with Crippen LogP contribution in [0.25, 0.3) is 11.1 Å². The van der Waals surface area contributed by atoms with Crippen molar-refractivity contribution in [3.8, 4) is 28.7 Å². The van der Waals surface area contributed by atoms with Crippen LogP contribution in [0.3, 0.4) is 0 Å². The number of rotatable bonds is 3. The van der Waals surface area contributed by atoms with Crippen LogP contribution >= 0.6 is 11.3 Å². The molecule has 0 bridgehead atoms. The van der Waals surface area contributed by atoms with Crippen molar-refractivity contribution in [2.24, 2.45) is 0 Å². The van der Waals surface area contributed by atoms with Gasteiger partial charge in [0, 0.05) is 41.9 Å². The lowest BCUT2D eigenvalue weighted by Crippen LogP contribution is -2.62. The second kappa shape index (κ2) is 8.05. The van der Waals surface area contributed by atoms with Gasteiger partial charge in [0.05, 0.1) is 18.1 Å². The summed E-state index contributed by atoms with van der Waals surface area (Å²) in [7, 11) is 1.65. The zero-order chi connectivity index (χ0) is 23.2. The molecule has 0 aliphatic carbocycles. The van der Waals surface area contributed by atoms with Gasteiger partial charge in [-0.05, 0) is 54.1 Å². The second-order valence-corrected chi connectivity index (χ2v) is 9.42.